The number of hydrogen-bond donors (Lipinski definition) is 0. The van der Waals surface area contributed by atoms with Crippen LogP contribution in [0.25, 0.3) is 10.8 Å². The standard InChI is InChI=1S/C27H23NO3S/c1-18-11-15-22(16-12-18)32(29,30)28-26-25(23-9-5-6-10-24(23)31-26)27(28,2)21-14-13-19-7-3-4-8-20(19)17-21/h3-17,25-26H,1-2H3/t25?,26-,27+/m0/s1. The van der Waals surface area contributed by atoms with Gasteiger partial charge in [-0.3, -0.25) is 0 Å². The molecule has 4 nitrogen and oxygen atoms in total. The molecular formula is C27H23NO3S. The Morgan fingerprint density at radius 1 is 0.844 bits per heavy atom. The Balaban J connectivity index is 1.55. The average Bonchev–Trinajstić information content (AvgIpc) is 3.13. The van der Waals surface area contributed by atoms with Gasteiger partial charge in [-0.25, -0.2) is 8.42 Å². The lowest BCUT2D eigenvalue weighted by atomic mass is 9.69. The molecule has 0 spiro atoms. The lowest BCUT2D eigenvalue weighted by Crippen LogP contribution is -2.69. The van der Waals surface area contributed by atoms with E-state index in [9.17, 15) is 8.42 Å². The van der Waals surface area contributed by atoms with Gasteiger partial charge in [0.15, 0.2) is 6.23 Å². The predicted octanol–water partition coefficient (Wildman–Crippen LogP) is 5.57. The zero-order valence-corrected chi connectivity index (χ0v) is 18.7. The van der Waals surface area contributed by atoms with Gasteiger partial charge >= 0.3 is 0 Å². The SMILES string of the molecule is Cc1ccc(S(=O)(=O)N2[C@H]3Oc4ccccc4C3[C@@]2(C)c2ccc3ccccc3c2)cc1. The third-order valence-electron chi connectivity index (χ3n) is 6.99. The van der Waals surface area contributed by atoms with Crippen LogP contribution in [0.3, 0.4) is 0 Å². The molecule has 160 valence electrons. The molecule has 0 aromatic heterocycles. The van der Waals surface area contributed by atoms with Crippen LogP contribution in [0.4, 0.5) is 0 Å². The van der Waals surface area contributed by atoms with Crippen LogP contribution in [0.2, 0.25) is 0 Å². The van der Waals surface area contributed by atoms with E-state index in [-0.39, 0.29) is 10.8 Å². The number of nitrogens with zero attached hydrogens (tertiary/aromatic N) is 1. The molecule has 0 radical (unpaired) electrons. The number of ether oxygens (including phenoxy) is 1. The molecule has 6 rings (SSSR count). The number of rotatable bonds is 3. The highest BCUT2D eigenvalue weighted by molar-refractivity contribution is 7.89. The summed E-state index contributed by atoms with van der Waals surface area (Å²) in [5.41, 5.74) is 2.27. The molecular weight excluding hydrogens is 418 g/mol. The summed E-state index contributed by atoms with van der Waals surface area (Å²) in [6, 6.07) is 29.3. The maximum absolute atomic E-state index is 13.9. The van der Waals surface area contributed by atoms with Crippen molar-refractivity contribution in [2.45, 2.75) is 36.4 Å². The minimum atomic E-state index is -3.79. The van der Waals surface area contributed by atoms with Gasteiger partial charge in [0.1, 0.15) is 5.75 Å². The Morgan fingerprint density at radius 3 is 2.31 bits per heavy atom. The summed E-state index contributed by atoms with van der Waals surface area (Å²) in [5.74, 6) is 0.677. The number of para-hydroxylation sites is 1. The van der Waals surface area contributed by atoms with Crippen molar-refractivity contribution in [3.8, 4) is 5.75 Å². The van der Waals surface area contributed by atoms with Crippen LogP contribution in [0.15, 0.2) is 95.9 Å². The average molecular weight is 442 g/mol. The molecule has 1 unspecified atom stereocenters. The largest absolute Gasteiger partial charge is 0.473 e. The monoisotopic (exact) mass is 441 g/mol. The van der Waals surface area contributed by atoms with Gasteiger partial charge < -0.3 is 4.74 Å². The number of benzene rings is 4. The van der Waals surface area contributed by atoms with Crippen LogP contribution in [0.5, 0.6) is 5.75 Å². The van der Waals surface area contributed by atoms with E-state index < -0.39 is 21.8 Å². The number of fused-ring (bicyclic) bond motifs is 4. The number of hydrogen-bond acceptors (Lipinski definition) is 3. The zero-order valence-electron chi connectivity index (χ0n) is 17.9. The van der Waals surface area contributed by atoms with E-state index in [1.165, 1.54) is 0 Å². The minimum absolute atomic E-state index is 0.0833. The van der Waals surface area contributed by atoms with Gasteiger partial charge in [-0.15, -0.1) is 4.31 Å². The molecule has 0 aliphatic carbocycles. The summed E-state index contributed by atoms with van der Waals surface area (Å²) in [6.45, 7) is 3.97. The van der Waals surface area contributed by atoms with Crippen LogP contribution in [0.1, 0.15) is 29.5 Å². The van der Waals surface area contributed by atoms with E-state index in [1.54, 1.807) is 16.4 Å². The molecule has 5 heteroatoms. The van der Waals surface area contributed by atoms with Gasteiger partial charge in [0.25, 0.3) is 0 Å². The van der Waals surface area contributed by atoms with Crippen molar-refractivity contribution in [1.82, 2.24) is 4.31 Å². The van der Waals surface area contributed by atoms with E-state index in [0.717, 1.165) is 33.2 Å². The Bertz CT molecular complexity index is 1460. The van der Waals surface area contributed by atoms with Gasteiger partial charge in [-0.1, -0.05) is 72.3 Å². The third-order valence-corrected chi connectivity index (χ3v) is 8.97. The van der Waals surface area contributed by atoms with E-state index in [1.807, 2.05) is 56.3 Å². The number of aryl methyl sites for hydroxylation is 1. The lowest BCUT2D eigenvalue weighted by Gasteiger charge is -2.57. The number of sulfonamides is 1. The van der Waals surface area contributed by atoms with E-state index >= 15 is 0 Å². The molecule has 2 aliphatic heterocycles. The summed E-state index contributed by atoms with van der Waals surface area (Å²) in [5, 5.41) is 2.22. The molecule has 32 heavy (non-hydrogen) atoms. The Hall–Kier alpha value is -3.15. The fourth-order valence-electron chi connectivity index (χ4n) is 5.30. The molecule has 1 saturated heterocycles. The molecule has 2 heterocycles. The highest BCUT2D eigenvalue weighted by Crippen LogP contribution is 2.62. The second-order valence-corrected chi connectivity index (χ2v) is 10.7. The van der Waals surface area contributed by atoms with Gasteiger partial charge in [0.05, 0.1) is 16.4 Å². The molecule has 0 bridgehead atoms. The highest BCUT2D eigenvalue weighted by Gasteiger charge is 2.68. The van der Waals surface area contributed by atoms with Crippen molar-refractivity contribution in [3.63, 3.8) is 0 Å². The van der Waals surface area contributed by atoms with Crippen molar-refractivity contribution in [2.24, 2.45) is 0 Å². The molecule has 2 aliphatic rings. The topological polar surface area (TPSA) is 46.6 Å². The van der Waals surface area contributed by atoms with E-state index in [0.29, 0.717) is 0 Å². The van der Waals surface area contributed by atoms with Crippen LogP contribution >= 0.6 is 0 Å². The van der Waals surface area contributed by atoms with Gasteiger partial charge in [-0.05, 0) is 54.4 Å². The maximum atomic E-state index is 13.9. The minimum Gasteiger partial charge on any atom is -0.473 e. The third kappa shape index (κ3) is 2.55. The second-order valence-electron chi connectivity index (χ2n) is 8.85. The van der Waals surface area contributed by atoms with Crippen molar-refractivity contribution >= 4 is 20.8 Å². The Morgan fingerprint density at radius 2 is 1.53 bits per heavy atom. The smallest absolute Gasteiger partial charge is 0.246 e. The van der Waals surface area contributed by atoms with Gasteiger partial charge in [-0.2, -0.15) is 0 Å². The first kappa shape index (κ1) is 19.5. The highest BCUT2D eigenvalue weighted by atomic mass is 32.2. The second kappa shape index (κ2) is 6.67. The lowest BCUT2D eigenvalue weighted by molar-refractivity contribution is -0.104. The fraction of sp³-hybridized carbons (Fsp3) is 0.185. The first-order valence-corrected chi connectivity index (χ1v) is 12.2. The quantitative estimate of drug-likeness (QED) is 0.418. The van der Waals surface area contributed by atoms with Crippen LogP contribution in [0, 0.1) is 6.92 Å². The molecule has 4 aromatic rings. The van der Waals surface area contributed by atoms with Crippen LogP contribution in [-0.4, -0.2) is 19.0 Å². The Kier molecular flexibility index (Phi) is 4.07. The molecule has 1 fully saturated rings. The molecule has 4 aromatic carbocycles. The first-order valence-electron chi connectivity index (χ1n) is 10.8. The summed E-state index contributed by atoms with van der Waals surface area (Å²) in [6.07, 6.45) is -0.560. The van der Waals surface area contributed by atoms with Crippen molar-refractivity contribution < 1.29 is 13.2 Å². The van der Waals surface area contributed by atoms with Crippen molar-refractivity contribution in [2.75, 3.05) is 0 Å². The van der Waals surface area contributed by atoms with Crippen LogP contribution in [-0.2, 0) is 15.6 Å². The fourth-order valence-corrected chi connectivity index (χ4v) is 7.16. The summed E-state index contributed by atoms with van der Waals surface area (Å²) < 4.78 is 35.6. The van der Waals surface area contributed by atoms with E-state index in [2.05, 4.69) is 36.4 Å². The molecule has 0 saturated carbocycles. The van der Waals surface area contributed by atoms with Gasteiger partial charge in [0.2, 0.25) is 10.0 Å². The predicted molar refractivity (Wildman–Crippen MR) is 125 cm³/mol. The maximum Gasteiger partial charge on any atom is 0.246 e. The zero-order chi connectivity index (χ0) is 22.1. The van der Waals surface area contributed by atoms with Gasteiger partial charge in [0, 0.05) is 5.56 Å². The summed E-state index contributed by atoms with van der Waals surface area (Å²) in [7, 11) is -3.79. The summed E-state index contributed by atoms with van der Waals surface area (Å²) >= 11 is 0. The first-order chi connectivity index (χ1) is 15.4. The molecule has 3 atom stereocenters. The Labute approximate surface area is 188 Å². The van der Waals surface area contributed by atoms with Crippen molar-refractivity contribution in [1.29, 1.82) is 0 Å². The van der Waals surface area contributed by atoms with E-state index in [4.69, 9.17) is 4.74 Å². The molecule has 0 N–H and O–H groups in total. The van der Waals surface area contributed by atoms with Crippen molar-refractivity contribution in [3.05, 3.63) is 108 Å². The van der Waals surface area contributed by atoms with Crippen LogP contribution < -0.4 is 4.74 Å². The summed E-state index contributed by atoms with van der Waals surface area (Å²) in [4.78, 5) is 0.285. The molecule has 0 amide bonds. The normalized spacial score (nSPS) is 24.4.